The number of nitrogens with two attached hydrogens (primary N) is 1. The van der Waals surface area contributed by atoms with Gasteiger partial charge in [-0.05, 0) is 19.1 Å². The van der Waals surface area contributed by atoms with Crippen LogP contribution in [0.15, 0.2) is 16.7 Å². The van der Waals surface area contributed by atoms with E-state index in [1.807, 2.05) is 13.0 Å². The molecule has 3 rings (SSSR count). The topological polar surface area (TPSA) is 74.2 Å². The first-order valence-electron chi connectivity index (χ1n) is 5.69. The van der Waals surface area contributed by atoms with E-state index in [-0.39, 0.29) is 12.6 Å². The molecule has 1 aromatic carbocycles. The zero-order chi connectivity index (χ0) is 12.7. The number of halogens is 1. The lowest BCUT2D eigenvalue weighted by Crippen LogP contribution is -2.05. The summed E-state index contributed by atoms with van der Waals surface area (Å²) in [6.07, 6.45) is 0.988. The second kappa shape index (κ2) is 4.26. The predicted octanol–water partition coefficient (Wildman–Crippen LogP) is 2.17. The number of rotatable bonds is 2. The van der Waals surface area contributed by atoms with Crippen molar-refractivity contribution < 1.29 is 9.26 Å². The van der Waals surface area contributed by atoms with Gasteiger partial charge in [-0.1, -0.05) is 16.8 Å². The van der Waals surface area contributed by atoms with E-state index >= 15 is 0 Å². The van der Waals surface area contributed by atoms with Gasteiger partial charge in [0.1, 0.15) is 11.9 Å². The highest BCUT2D eigenvalue weighted by Gasteiger charge is 2.23. The van der Waals surface area contributed by atoms with Crippen molar-refractivity contribution in [2.24, 2.45) is 5.73 Å². The molecule has 0 spiro atoms. The fourth-order valence-electron chi connectivity index (χ4n) is 2.07. The number of benzene rings is 1. The lowest BCUT2D eigenvalue weighted by molar-refractivity contribution is 0.255. The van der Waals surface area contributed by atoms with Crippen LogP contribution >= 0.6 is 11.6 Å². The van der Waals surface area contributed by atoms with Crippen molar-refractivity contribution in [3.05, 3.63) is 28.6 Å². The number of fused-ring (bicyclic) bond motifs is 1. The first-order chi connectivity index (χ1) is 8.67. The Hall–Kier alpha value is -1.59. The van der Waals surface area contributed by atoms with E-state index in [1.54, 1.807) is 6.07 Å². The van der Waals surface area contributed by atoms with Gasteiger partial charge in [0.2, 0.25) is 11.7 Å². The van der Waals surface area contributed by atoms with Crippen molar-refractivity contribution in [2.45, 2.75) is 26.0 Å². The Bertz CT molecular complexity index is 597. The Morgan fingerprint density at radius 1 is 1.50 bits per heavy atom. The summed E-state index contributed by atoms with van der Waals surface area (Å²) in [5, 5.41) is 4.45. The van der Waals surface area contributed by atoms with E-state index < -0.39 is 0 Å². The summed E-state index contributed by atoms with van der Waals surface area (Å²) < 4.78 is 10.6. The largest absolute Gasteiger partial charge is 0.489 e. The number of aromatic nitrogens is 2. The van der Waals surface area contributed by atoms with Crippen LogP contribution in [-0.4, -0.2) is 16.2 Å². The molecule has 0 radical (unpaired) electrons. The van der Waals surface area contributed by atoms with E-state index in [0.717, 1.165) is 23.3 Å². The molecule has 2 N–H and O–H groups in total. The number of hydrogen-bond donors (Lipinski definition) is 1. The maximum atomic E-state index is 6.19. The molecule has 0 fully saturated rings. The molecular formula is C12H12ClN3O2. The fraction of sp³-hybridized carbons (Fsp3) is 0.333. The van der Waals surface area contributed by atoms with Crippen molar-refractivity contribution in [2.75, 3.05) is 0 Å². The van der Waals surface area contributed by atoms with Crippen LogP contribution in [0.5, 0.6) is 5.75 Å². The van der Waals surface area contributed by atoms with Crippen LogP contribution in [0.4, 0.5) is 0 Å². The third-order valence-corrected chi connectivity index (χ3v) is 3.13. The molecule has 0 saturated carbocycles. The number of hydrogen-bond acceptors (Lipinski definition) is 5. The summed E-state index contributed by atoms with van der Waals surface area (Å²) in [6, 6.07) is 3.76. The smallest absolute Gasteiger partial charge is 0.240 e. The molecule has 94 valence electrons. The van der Waals surface area contributed by atoms with Gasteiger partial charge in [0.05, 0.1) is 11.6 Å². The summed E-state index contributed by atoms with van der Waals surface area (Å²) in [5.41, 5.74) is 7.33. The van der Waals surface area contributed by atoms with Gasteiger partial charge in [0.25, 0.3) is 0 Å². The third kappa shape index (κ3) is 1.85. The van der Waals surface area contributed by atoms with E-state index in [2.05, 4.69) is 10.1 Å². The van der Waals surface area contributed by atoms with Crippen molar-refractivity contribution >= 4 is 11.6 Å². The highest BCUT2D eigenvalue weighted by Crippen LogP contribution is 2.38. The fourth-order valence-corrected chi connectivity index (χ4v) is 2.35. The van der Waals surface area contributed by atoms with Crippen LogP contribution in [0.25, 0.3) is 11.4 Å². The number of nitrogens with zero attached hydrogens (tertiary/aromatic N) is 2. The van der Waals surface area contributed by atoms with Crippen molar-refractivity contribution in [1.82, 2.24) is 10.1 Å². The summed E-state index contributed by atoms with van der Waals surface area (Å²) in [7, 11) is 0. The standard InChI is InChI=1S/C12H12ClN3O2/c1-6-2-7-3-8(4-9(13)11(7)17-6)12-15-10(5-14)18-16-12/h3-4,6H,2,5,14H2,1H3. The van der Waals surface area contributed by atoms with Crippen LogP contribution in [0.2, 0.25) is 5.02 Å². The molecule has 0 aliphatic carbocycles. The van der Waals surface area contributed by atoms with Gasteiger partial charge >= 0.3 is 0 Å². The minimum atomic E-state index is 0.151. The molecule has 0 amide bonds. The van der Waals surface area contributed by atoms with E-state index in [1.165, 1.54) is 0 Å². The lowest BCUT2D eigenvalue weighted by Gasteiger charge is -2.05. The van der Waals surface area contributed by atoms with Crippen LogP contribution in [0.1, 0.15) is 18.4 Å². The summed E-state index contributed by atoms with van der Waals surface area (Å²) in [4.78, 5) is 4.18. The van der Waals surface area contributed by atoms with Crippen LogP contribution in [0, 0.1) is 0 Å². The van der Waals surface area contributed by atoms with E-state index in [4.69, 9.17) is 26.6 Å². The zero-order valence-corrected chi connectivity index (χ0v) is 10.6. The van der Waals surface area contributed by atoms with Crippen LogP contribution in [0.3, 0.4) is 0 Å². The monoisotopic (exact) mass is 265 g/mol. The molecule has 2 aromatic rings. The molecule has 1 aromatic heterocycles. The highest BCUT2D eigenvalue weighted by molar-refractivity contribution is 6.32. The molecule has 0 bridgehead atoms. The van der Waals surface area contributed by atoms with E-state index in [0.29, 0.717) is 16.7 Å². The second-order valence-electron chi connectivity index (χ2n) is 4.29. The van der Waals surface area contributed by atoms with Gasteiger partial charge in [-0.3, -0.25) is 0 Å². The average molecular weight is 266 g/mol. The Kier molecular flexibility index (Phi) is 2.72. The summed E-state index contributed by atoms with van der Waals surface area (Å²) in [6.45, 7) is 2.24. The Labute approximate surface area is 109 Å². The second-order valence-corrected chi connectivity index (χ2v) is 4.70. The highest BCUT2D eigenvalue weighted by atomic mass is 35.5. The zero-order valence-electron chi connectivity index (χ0n) is 9.81. The quantitative estimate of drug-likeness (QED) is 0.901. The van der Waals surface area contributed by atoms with Crippen LogP contribution < -0.4 is 10.5 Å². The van der Waals surface area contributed by atoms with Gasteiger partial charge < -0.3 is 15.0 Å². The van der Waals surface area contributed by atoms with Crippen LogP contribution in [-0.2, 0) is 13.0 Å². The Morgan fingerprint density at radius 3 is 3.06 bits per heavy atom. The third-order valence-electron chi connectivity index (χ3n) is 2.85. The Morgan fingerprint density at radius 2 is 2.33 bits per heavy atom. The first kappa shape index (κ1) is 11.5. The molecule has 2 heterocycles. The lowest BCUT2D eigenvalue weighted by atomic mass is 10.1. The molecule has 5 nitrogen and oxygen atoms in total. The minimum Gasteiger partial charge on any atom is -0.489 e. The normalized spacial score (nSPS) is 17.6. The minimum absolute atomic E-state index is 0.151. The van der Waals surface area contributed by atoms with Gasteiger partial charge in [0.15, 0.2) is 0 Å². The van der Waals surface area contributed by atoms with Gasteiger partial charge in [-0.15, -0.1) is 0 Å². The molecule has 1 atom stereocenters. The number of ether oxygens (including phenoxy) is 1. The van der Waals surface area contributed by atoms with Crippen molar-refractivity contribution in [3.8, 4) is 17.1 Å². The molecule has 1 aliphatic rings. The van der Waals surface area contributed by atoms with Gasteiger partial charge in [-0.25, -0.2) is 0 Å². The summed E-state index contributed by atoms with van der Waals surface area (Å²) >= 11 is 6.19. The maximum absolute atomic E-state index is 6.19. The molecule has 6 heteroatoms. The molecular weight excluding hydrogens is 254 g/mol. The Balaban J connectivity index is 2.04. The molecule has 1 unspecified atom stereocenters. The summed E-state index contributed by atoms with van der Waals surface area (Å²) in [5.74, 6) is 1.67. The molecule has 18 heavy (non-hydrogen) atoms. The van der Waals surface area contributed by atoms with Gasteiger partial charge in [0, 0.05) is 17.5 Å². The SMILES string of the molecule is CC1Cc2cc(-c3noc(CN)n3)cc(Cl)c2O1. The van der Waals surface area contributed by atoms with Gasteiger partial charge in [-0.2, -0.15) is 4.98 Å². The molecule has 1 aliphatic heterocycles. The average Bonchev–Trinajstić information content (AvgIpc) is 2.94. The predicted molar refractivity (Wildman–Crippen MR) is 66.4 cm³/mol. The molecule has 0 saturated heterocycles. The van der Waals surface area contributed by atoms with Crippen molar-refractivity contribution in [1.29, 1.82) is 0 Å². The first-order valence-corrected chi connectivity index (χ1v) is 6.07. The van der Waals surface area contributed by atoms with E-state index in [9.17, 15) is 0 Å². The maximum Gasteiger partial charge on any atom is 0.240 e. The van der Waals surface area contributed by atoms with Crippen molar-refractivity contribution in [3.63, 3.8) is 0 Å².